The Morgan fingerprint density at radius 2 is 2.14 bits per heavy atom. The van der Waals surface area contributed by atoms with Gasteiger partial charge in [-0.3, -0.25) is 4.68 Å². The first-order valence-electron chi connectivity index (χ1n) is 12.2. The van der Waals surface area contributed by atoms with Crippen LogP contribution < -0.4 is 16.0 Å². The normalized spacial score (nSPS) is 16.0. The van der Waals surface area contributed by atoms with Gasteiger partial charge in [0, 0.05) is 37.8 Å². The first kappa shape index (κ1) is 23.9. The predicted octanol–water partition coefficient (Wildman–Crippen LogP) is 2.54. The van der Waals surface area contributed by atoms with E-state index >= 15 is 0 Å². The van der Waals surface area contributed by atoms with Crippen molar-refractivity contribution in [2.45, 2.75) is 45.3 Å². The fourth-order valence-electron chi connectivity index (χ4n) is 4.51. The van der Waals surface area contributed by atoms with E-state index in [0.717, 1.165) is 56.6 Å². The molecule has 3 aromatic heterocycles. The van der Waals surface area contributed by atoms with Crippen molar-refractivity contribution in [1.29, 1.82) is 0 Å². The molecule has 1 atom stereocenters. The lowest BCUT2D eigenvalue weighted by atomic mass is 10.1. The molecule has 1 saturated heterocycles. The third-order valence-corrected chi connectivity index (χ3v) is 7.25. The lowest BCUT2D eigenvalue weighted by Crippen LogP contribution is -2.29. The van der Waals surface area contributed by atoms with E-state index in [1.165, 1.54) is 10.3 Å². The molecule has 1 unspecified atom stereocenters. The molecule has 1 aliphatic rings. The Morgan fingerprint density at radius 1 is 1.26 bits per heavy atom. The molecule has 0 bridgehead atoms. The molecule has 10 nitrogen and oxygen atoms in total. The van der Waals surface area contributed by atoms with Gasteiger partial charge in [-0.25, -0.2) is 9.97 Å². The molecule has 0 saturated carbocycles. The Balaban J connectivity index is 1.42. The van der Waals surface area contributed by atoms with Crippen molar-refractivity contribution >= 4 is 44.4 Å². The second-order valence-electron chi connectivity index (χ2n) is 8.89. The topological polar surface area (TPSA) is 127 Å². The standard InChI is InChI=1S/C24H32N8O2S/c1-2-3-7-31(8-9-33)23-21-19(28-24(25)29-23)13-32(30-21)12-17-5-4-16(22-20(17)27-15-35-22)11-26-18-6-10-34-14-18/h4-5,13,15,18,26,33H,2-3,6-12,14H2,1H3,(H2,25,28). The maximum Gasteiger partial charge on any atom is 0.222 e. The number of rotatable bonds is 11. The van der Waals surface area contributed by atoms with E-state index in [1.54, 1.807) is 11.3 Å². The number of nitrogens with one attached hydrogen (secondary N) is 1. The second kappa shape index (κ2) is 10.8. The molecule has 0 aliphatic carbocycles. The second-order valence-corrected chi connectivity index (χ2v) is 9.74. The zero-order valence-corrected chi connectivity index (χ0v) is 20.8. The molecular weight excluding hydrogens is 464 g/mol. The summed E-state index contributed by atoms with van der Waals surface area (Å²) in [5.74, 6) is 0.878. The van der Waals surface area contributed by atoms with E-state index < -0.39 is 0 Å². The molecule has 186 valence electrons. The molecule has 0 spiro atoms. The van der Waals surface area contributed by atoms with E-state index in [0.29, 0.717) is 36.0 Å². The summed E-state index contributed by atoms with van der Waals surface area (Å²) in [6, 6.07) is 4.73. The number of nitrogens with zero attached hydrogens (tertiary/aromatic N) is 6. The number of fused-ring (bicyclic) bond motifs is 2. The number of hydrogen-bond acceptors (Lipinski definition) is 10. The number of nitrogens with two attached hydrogens (primary N) is 1. The van der Waals surface area contributed by atoms with Gasteiger partial charge in [0.2, 0.25) is 5.95 Å². The van der Waals surface area contributed by atoms with Crippen molar-refractivity contribution in [3.63, 3.8) is 0 Å². The molecule has 4 heterocycles. The van der Waals surface area contributed by atoms with Crippen LogP contribution in [0.4, 0.5) is 11.8 Å². The van der Waals surface area contributed by atoms with Gasteiger partial charge in [0.05, 0.1) is 41.7 Å². The smallest absolute Gasteiger partial charge is 0.222 e. The zero-order valence-electron chi connectivity index (χ0n) is 20.0. The summed E-state index contributed by atoms with van der Waals surface area (Å²) in [5, 5.41) is 18.0. The van der Waals surface area contributed by atoms with Crippen LogP contribution in [-0.2, 0) is 17.8 Å². The third-order valence-electron chi connectivity index (χ3n) is 6.35. The lowest BCUT2D eigenvalue weighted by molar-refractivity contribution is 0.190. The summed E-state index contributed by atoms with van der Waals surface area (Å²) in [6.45, 7) is 6.40. The number of hydrogen-bond donors (Lipinski definition) is 3. The summed E-state index contributed by atoms with van der Waals surface area (Å²) in [7, 11) is 0. The van der Waals surface area contributed by atoms with Gasteiger partial charge in [0.25, 0.3) is 0 Å². The van der Waals surface area contributed by atoms with Crippen LogP contribution in [0.2, 0.25) is 0 Å². The van der Waals surface area contributed by atoms with Crippen LogP contribution in [0.25, 0.3) is 21.3 Å². The largest absolute Gasteiger partial charge is 0.395 e. The van der Waals surface area contributed by atoms with Crippen molar-refractivity contribution in [3.05, 3.63) is 35.0 Å². The quantitative estimate of drug-likeness (QED) is 0.287. The number of aromatic nitrogens is 5. The Kier molecular flexibility index (Phi) is 7.37. The number of aliphatic hydroxyl groups excluding tert-OH is 1. The van der Waals surface area contributed by atoms with Gasteiger partial charge in [0.1, 0.15) is 5.52 Å². The van der Waals surface area contributed by atoms with Crippen LogP contribution >= 0.6 is 11.3 Å². The maximum atomic E-state index is 9.58. The van der Waals surface area contributed by atoms with Crippen molar-refractivity contribution in [2.75, 3.05) is 43.5 Å². The third kappa shape index (κ3) is 5.22. The first-order chi connectivity index (χ1) is 17.2. The number of aliphatic hydroxyl groups is 1. The SMILES string of the molecule is CCCCN(CCO)c1nc(N)nc2cn(Cc3ccc(CNC4CCOC4)c4scnc34)nc12. The van der Waals surface area contributed by atoms with Gasteiger partial charge >= 0.3 is 0 Å². The summed E-state index contributed by atoms with van der Waals surface area (Å²) < 4.78 is 8.55. The number of nitrogen functional groups attached to an aromatic ring is 1. The van der Waals surface area contributed by atoms with Gasteiger partial charge in [-0.1, -0.05) is 25.5 Å². The molecule has 0 radical (unpaired) electrons. The molecule has 35 heavy (non-hydrogen) atoms. The highest BCUT2D eigenvalue weighted by atomic mass is 32.1. The van der Waals surface area contributed by atoms with Gasteiger partial charge in [0.15, 0.2) is 11.3 Å². The van der Waals surface area contributed by atoms with Gasteiger partial charge in [-0.15, -0.1) is 11.3 Å². The minimum atomic E-state index is 0.0343. The Hall–Kier alpha value is -2.86. The van der Waals surface area contributed by atoms with E-state index in [-0.39, 0.29) is 12.6 Å². The summed E-state index contributed by atoms with van der Waals surface area (Å²) in [6.07, 6.45) is 4.99. The molecule has 11 heteroatoms. The Bertz CT molecular complexity index is 1280. The van der Waals surface area contributed by atoms with Crippen LogP contribution in [0.3, 0.4) is 0 Å². The minimum absolute atomic E-state index is 0.0343. The van der Waals surface area contributed by atoms with Crippen LogP contribution in [0, 0.1) is 0 Å². The van der Waals surface area contributed by atoms with E-state index in [2.05, 4.69) is 39.3 Å². The molecule has 5 rings (SSSR count). The van der Waals surface area contributed by atoms with Crippen molar-refractivity contribution in [3.8, 4) is 0 Å². The summed E-state index contributed by atoms with van der Waals surface area (Å²) in [4.78, 5) is 15.6. The fraction of sp³-hybridized carbons (Fsp3) is 0.500. The van der Waals surface area contributed by atoms with E-state index in [4.69, 9.17) is 15.6 Å². The highest BCUT2D eigenvalue weighted by Gasteiger charge is 2.19. The van der Waals surface area contributed by atoms with E-state index in [1.807, 2.05) is 21.3 Å². The van der Waals surface area contributed by atoms with Gasteiger partial charge in [-0.2, -0.15) is 10.1 Å². The molecular formula is C24H32N8O2S. The first-order valence-corrected chi connectivity index (χ1v) is 13.1. The van der Waals surface area contributed by atoms with Crippen molar-refractivity contribution in [2.24, 2.45) is 0 Å². The monoisotopic (exact) mass is 496 g/mol. The molecule has 0 amide bonds. The molecule has 1 aromatic carbocycles. The summed E-state index contributed by atoms with van der Waals surface area (Å²) in [5.41, 5.74) is 12.7. The van der Waals surface area contributed by atoms with Crippen LogP contribution in [0.5, 0.6) is 0 Å². The molecule has 4 aromatic rings. The average molecular weight is 497 g/mol. The number of unbranched alkanes of at least 4 members (excludes halogenated alkanes) is 1. The fourth-order valence-corrected chi connectivity index (χ4v) is 5.36. The van der Waals surface area contributed by atoms with Gasteiger partial charge in [-0.05, 0) is 18.4 Å². The van der Waals surface area contributed by atoms with Gasteiger partial charge < -0.3 is 25.8 Å². The van der Waals surface area contributed by atoms with Crippen molar-refractivity contribution < 1.29 is 9.84 Å². The van der Waals surface area contributed by atoms with Crippen LogP contribution in [-0.4, -0.2) is 68.8 Å². The highest BCUT2D eigenvalue weighted by molar-refractivity contribution is 7.17. The lowest BCUT2D eigenvalue weighted by Gasteiger charge is -2.22. The average Bonchev–Trinajstić information content (AvgIpc) is 3.61. The molecule has 4 N–H and O–H groups in total. The molecule has 1 fully saturated rings. The zero-order chi connectivity index (χ0) is 24.2. The highest BCUT2D eigenvalue weighted by Crippen LogP contribution is 2.28. The number of anilines is 2. The maximum absolute atomic E-state index is 9.58. The van der Waals surface area contributed by atoms with Crippen molar-refractivity contribution in [1.82, 2.24) is 30.0 Å². The van der Waals surface area contributed by atoms with Crippen LogP contribution in [0.15, 0.2) is 23.8 Å². The number of thiazole rings is 1. The minimum Gasteiger partial charge on any atom is -0.395 e. The Labute approximate surface area is 208 Å². The number of ether oxygens (including phenoxy) is 1. The predicted molar refractivity (Wildman–Crippen MR) is 139 cm³/mol. The Morgan fingerprint density at radius 3 is 2.94 bits per heavy atom. The van der Waals surface area contributed by atoms with E-state index in [9.17, 15) is 5.11 Å². The molecule has 1 aliphatic heterocycles. The van der Waals surface area contributed by atoms with Crippen LogP contribution in [0.1, 0.15) is 37.3 Å². The summed E-state index contributed by atoms with van der Waals surface area (Å²) >= 11 is 1.67. The number of benzene rings is 1.